The van der Waals surface area contributed by atoms with Gasteiger partial charge in [-0.1, -0.05) is 66.7 Å². The number of benzene rings is 3. The SMILES string of the molecule is NC(=O)[C@@H](O)C(Cc1ccccc1)NC(=O)c1nccn1Cc1ccc2ccccc2c1. The van der Waals surface area contributed by atoms with Gasteiger partial charge in [0.25, 0.3) is 5.91 Å². The van der Waals surface area contributed by atoms with Crippen LogP contribution in [0.1, 0.15) is 21.7 Å². The molecule has 3 aromatic carbocycles. The number of imidazole rings is 1. The average Bonchev–Trinajstić information content (AvgIpc) is 3.27. The lowest BCUT2D eigenvalue weighted by atomic mass is 10.0. The van der Waals surface area contributed by atoms with Gasteiger partial charge in [-0.15, -0.1) is 0 Å². The number of fused-ring (bicyclic) bond motifs is 1. The van der Waals surface area contributed by atoms with Crippen LogP contribution in [0, 0.1) is 0 Å². The van der Waals surface area contributed by atoms with E-state index in [1.165, 1.54) is 0 Å². The Kier molecular flexibility index (Phi) is 6.28. The molecule has 1 heterocycles. The topological polar surface area (TPSA) is 110 Å². The van der Waals surface area contributed by atoms with E-state index >= 15 is 0 Å². The summed E-state index contributed by atoms with van der Waals surface area (Å²) in [7, 11) is 0. The summed E-state index contributed by atoms with van der Waals surface area (Å²) in [6.07, 6.45) is 2.00. The number of aliphatic hydroxyl groups is 1. The first-order valence-corrected chi connectivity index (χ1v) is 10.3. The molecule has 162 valence electrons. The highest BCUT2D eigenvalue weighted by atomic mass is 16.3. The van der Waals surface area contributed by atoms with Gasteiger partial charge in [-0.3, -0.25) is 9.59 Å². The zero-order valence-electron chi connectivity index (χ0n) is 17.4. The number of rotatable bonds is 8. The Labute approximate surface area is 185 Å². The van der Waals surface area contributed by atoms with E-state index in [2.05, 4.69) is 16.4 Å². The maximum absolute atomic E-state index is 13.0. The summed E-state index contributed by atoms with van der Waals surface area (Å²) >= 11 is 0. The normalized spacial score (nSPS) is 12.9. The molecule has 2 atom stereocenters. The van der Waals surface area contributed by atoms with Crippen molar-refractivity contribution in [1.82, 2.24) is 14.9 Å². The van der Waals surface area contributed by atoms with Gasteiger partial charge in [-0.25, -0.2) is 4.98 Å². The van der Waals surface area contributed by atoms with Crippen molar-refractivity contribution in [2.75, 3.05) is 0 Å². The number of nitrogens with two attached hydrogens (primary N) is 1. The molecule has 0 fully saturated rings. The van der Waals surface area contributed by atoms with Crippen LogP contribution < -0.4 is 11.1 Å². The maximum Gasteiger partial charge on any atom is 0.287 e. The van der Waals surface area contributed by atoms with Crippen LogP contribution in [0.3, 0.4) is 0 Å². The summed E-state index contributed by atoms with van der Waals surface area (Å²) in [5.41, 5.74) is 7.18. The second kappa shape index (κ2) is 9.45. The fourth-order valence-electron chi connectivity index (χ4n) is 3.72. The zero-order chi connectivity index (χ0) is 22.5. The van der Waals surface area contributed by atoms with Crippen molar-refractivity contribution in [3.63, 3.8) is 0 Å². The first-order chi connectivity index (χ1) is 15.5. The largest absolute Gasteiger partial charge is 0.381 e. The van der Waals surface area contributed by atoms with Crippen LogP contribution in [0.4, 0.5) is 0 Å². The van der Waals surface area contributed by atoms with Crippen molar-refractivity contribution in [2.45, 2.75) is 25.1 Å². The Morgan fingerprint density at radius 2 is 1.69 bits per heavy atom. The molecule has 0 aliphatic carbocycles. The molecular weight excluding hydrogens is 404 g/mol. The summed E-state index contributed by atoms with van der Waals surface area (Å²) in [5, 5.41) is 15.3. The van der Waals surface area contributed by atoms with Crippen LogP contribution in [0.5, 0.6) is 0 Å². The average molecular weight is 428 g/mol. The number of nitrogens with one attached hydrogen (secondary N) is 1. The number of carbonyl (C=O) groups excluding carboxylic acids is 2. The molecule has 0 saturated carbocycles. The third-order valence-electron chi connectivity index (χ3n) is 5.37. The van der Waals surface area contributed by atoms with Gasteiger partial charge >= 0.3 is 0 Å². The van der Waals surface area contributed by atoms with Crippen LogP contribution in [-0.4, -0.2) is 38.6 Å². The highest BCUT2D eigenvalue weighted by Gasteiger charge is 2.27. The van der Waals surface area contributed by atoms with E-state index in [1.807, 2.05) is 66.7 Å². The molecule has 7 nitrogen and oxygen atoms in total. The predicted molar refractivity (Wildman–Crippen MR) is 122 cm³/mol. The summed E-state index contributed by atoms with van der Waals surface area (Å²) < 4.78 is 1.73. The molecule has 4 rings (SSSR count). The number of aliphatic hydroxyl groups excluding tert-OH is 1. The van der Waals surface area contributed by atoms with E-state index in [-0.39, 0.29) is 12.2 Å². The molecule has 0 bridgehead atoms. The van der Waals surface area contributed by atoms with Crippen LogP contribution in [-0.2, 0) is 17.8 Å². The summed E-state index contributed by atoms with van der Waals surface area (Å²) in [5.74, 6) is -1.20. The fourth-order valence-corrected chi connectivity index (χ4v) is 3.72. The first-order valence-electron chi connectivity index (χ1n) is 10.3. The standard InChI is InChI=1S/C25H24N4O3/c26-23(31)22(30)21(15-17-6-2-1-3-7-17)28-25(32)24-27-12-13-29(24)16-18-10-11-19-8-4-5-9-20(19)14-18/h1-14,21-22,30H,15-16H2,(H2,26,31)(H,28,32)/t21?,22-/m0/s1. The molecule has 0 aliphatic heterocycles. The summed E-state index contributed by atoms with van der Waals surface area (Å²) in [6, 6.07) is 22.6. The van der Waals surface area contributed by atoms with Crippen molar-refractivity contribution >= 4 is 22.6 Å². The number of nitrogens with zero attached hydrogens (tertiary/aromatic N) is 2. The van der Waals surface area contributed by atoms with E-state index in [9.17, 15) is 14.7 Å². The zero-order valence-corrected chi connectivity index (χ0v) is 17.4. The van der Waals surface area contributed by atoms with Gasteiger partial charge in [0.15, 0.2) is 11.9 Å². The van der Waals surface area contributed by atoms with Crippen molar-refractivity contribution in [1.29, 1.82) is 0 Å². The van der Waals surface area contributed by atoms with Crippen LogP contribution in [0.2, 0.25) is 0 Å². The lowest BCUT2D eigenvalue weighted by Gasteiger charge is -2.22. The highest BCUT2D eigenvalue weighted by molar-refractivity contribution is 5.92. The number of primary amides is 1. The van der Waals surface area contributed by atoms with Crippen LogP contribution in [0.15, 0.2) is 85.2 Å². The van der Waals surface area contributed by atoms with Gasteiger partial charge in [0.05, 0.1) is 6.04 Å². The number of hydrogen-bond donors (Lipinski definition) is 3. The second-order valence-corrected chi connectivity index (χ2v) is 7.68. The lowest BCUT2D eigenvalue weighted by molar-refractivity contribution is -0.127. The van der Waals surface area contributed by atoms with E-state index in [4.69, 9.17) is 5.73 Å². The smallest absolute Gasteiger partial charge is 0.287 e. The molecule has 7 heteroatoms. The van der Waals surface area contributed by atoms with Gasteiger partial charge in [0.2, 0.25) is 5.91 Å². The van der Waals surface area contributed by atoms with Crippen LogP contribution >= 0.6 is 0 Å². The molecule has 1 unspecified atom stereocenters. The Morgan fingerprint density at radius 1 is 0.969 bits per heavy atom. The van der Waals surface area contributed by atoms with Crippen molar-refractivity contribution in [2.24, 2.45) is 5.73 Å². The molecule has 2 amide bonds. The molecule has 0 radical (unpaired) electrons. The Bertz CT molecular complexity index is 1240. The molecule has 4 N–H and O–H groups in total. The minimum absolute atomic E-state index is 0.188. The third-order valence-corrected chi connectivity index (χ3v) is 5.37. The molecule has 4 aromatic rings. The van der Waals surface area contributed by atoms with Crippen molar-refractivity contribution in [3.05, 3.63) is 102 Å². The lowest BCUT2D eigenvalue weighted by Crippen LogP contribution is -2.50. The van der Waals surface area contributed by atoms with E-state index in [1.54, 1.807) is 17.0 Å². The van der Waals surface area contributed by atoms with E-state index in [0.717, 1.165) is 21.9 Å². The van der Waals surface area contributed by atoms with Crippen molar-refractivity contribution in [3.8, 4) is 0 Å². The van der Waals surface area contributed by atoms with Crippen LogP contribution in [0.25, 0.3) is 10.8 Å². The molecule has 0 saturated heterocycles. The first kappa shape index (κ1) is 21.3. The van der Waals surface area contributed by atoms with Gasteiger partial charge in [0, 0.05) is 18.9 Å². The van der Waals surface area contributed by atoms with Gasteiger partial charge in [0.1, 0.15) is 0 Å². The quantitative estimate of drug-likeness (QED) is 0.400. The minimum atomic E-state index is -1.52. The Morgan fingerprint density at radius 3 is 2.44 bits per heavy atom. The molecule has 1 aromatic heterocycles. The van der Waals surface area contributed by atoms with Gasteiger partial charge < -0.3 is 20.7 Å². The maximum atomic E-state index is 13.0. The third kappa shape index (κ3) is 4.84. The Balaban J connectivity index is 1.53. The predicted octanol–water partition coefficient (Wildman–Crippen LogP) is 2.27. The number of aromatic nitrogens is 2. The minimum Gasteiger partial charge on any atom is -0.381 e. The fraction of sp³-hybridized carbons (Fsp3) is 0.160. The molecule has 32 heavy (non-hydrogen) atoms. The number of amides is 2. The summed E-state index contributed by atoms with van der Waals surface area (Å²) in [6.45, 7) is 0.454. The molecule has 0 aliphatic rings. The van der Waals surface area contributed by atoms with E-state index in [0.29, 0.717) is 6.54 Å². The van der Waals surface area contributed by atoms with Gasteiger partial charge in [-0.05, 0) is 34.4 Å². The summed E-state index contributed by atoms with van der Waals surface area (Å²) in [4.78, 5) is 28.8. The number of carbonyl (C=O) groups is 2. The molecule has 0 spiro atoms. The van der Waals surface area contributed by atoms with E-state index < -0.39 is 24.0 Å². The van der Waals surface area contributed by atoms with Gasteiger partial charge in [-0.2, -0.15) is 0 Å². The monoisotopic (exact) mass is 428 g/mol. The molecular formula is C25H24N4O3. The second-order valence-electron chi connectivity index (χ2n) is 7.68. The highest BCUT2D eigenvalue weighted by Crippen LogP contribution is 2.17. The van der Waals surface area contributed by atoms with Crippen molar-refractivity contribution < 1.29 is 14.7 Å². The number of hydrogen-bond acceptors (Lipinski definition) is 4. The Hall–Kier alpha value is -3.97.